The van der Waals surface area contributed by atoms with Crippen LogP contribution in [0.5, 0.6) is 11.5 Å². The molecule has 0 radical (unpaired) electrons. The number of methoxy groups -OCH3 is 2. The number of hydrazine groups is 1. The molecule has 1 rings (SSSR count). The van der Waals surface area contributed by atoms with Crippen LogP contribution in [0, 0.1) is 0 Å². The Bertz CT molecular complexity index is 569. The zero-order valence-electron chi connectivity index (χ0n) is 15.2. The zero-order chi connectivity index (χ0) is 18.7. The van der Waals surface area contributed by atoms with Crippen molar-refractivity contribution in [3.05, 3.63) is 23.8 Å². The summed E-state index contributed by atoms with van der Waals surface area (Å²) in [5.74, 6) is 0.797. The van der Waals surface area contributed by atoms with Crippen LogP contribution in [0.3, 0.4) is 0 Å². The number of ether oxygens (including phenoxy) is 3. The van der Waals surface area contributed by atoms with E-state index in [1.807, 2.05) is 6.92 Å². The molecule has 0 aliphatic rings. The maximum Gasteiger partial charge on any atom is 0.269 e. The quantitative estimate of drug-likeness (QED) is 0.349. The lowest BCUT2D eigenvalue weighted by molar-refractivity contribution is 0.0943. The number of thiocarbonyl (C=S) groups is 1. The number of carbonyl (C=O) groups is 1. The van der Waals surface area contributed by atoms with Gasteiger partial charge in [0.05, 0.1) is 20.3 Å². The second-order valence-corrected chi connectivity index (χ2v) is 5.88. The number of nitrogens with one attached hydrogen (secondary N) is 3. The molecule has 140 valence electrons. The predicted octanol–water partition coefficient (Wildman–Crippen LogP) is 2.02. The van der Waals surface area contributed by atoms with Gasteiger partial charge < -0.3 is 19.5 Å². The van der Waals surface area contributed by atoms with Crippen LogP contribution in [0.25, 0.3) is 0 Å². The molecule has 0 aliphatic heterocycles. The van der Waals surface area contributed by atoms with E-state index in [2.05, 4.69) is 23.1 Å². The minimum absolute atomic E-state index is 0.0292. The van der Waals surface area contributed by atoms with E-state index in [4.69, 9.17) is 26.4 Å². The molecule has 0 aliphatic carbocycles. The molecule has 0 fully saturated rings. The van der Waals surface area contributed by atoms with Crippen molar-refractivity contribution in [1.82, 2.24) is 16.2 Å². The number of rotatable bonds is 9. The maximum absolute atomic E-state index is 12.2. The van der Waals surface area contributed by atoms with Crippen LogP contribution >= 0.6 is 12.2 Å². The Balaban J connectivity index is 2.58. The van der Waals surface area contributed by atoms with Gasteiger partial charge in [0.2, 0.25) is 0 Å². The molecule has 7 nitrogen and oxygen atoms in total. The third-order valence-corrected chi connectivity index (χ3v) is 3.48. The Morgan fingerprint density at radius 3 is 2.64 bits per heavy atom. The molecule has 1 atom stereocenters. The van der Waals surface area contributed by atoms with Gasteiger partial charge >= 0.3 is 0 Å². The number of unbranched alkanes of at least 4 members (excludes halogenated alkanes) is 1. The molecule has 1 amide bonds. The summed E-state index contributed by atoms with van der Waals surface area (Å²) < 4.78 is 16.0. The van der Waals surface area contributed by atoms with E-state index in [1.54, 1.807) is 25.3 Å². The molecule has 0 bridgehead atoms. The highest BCUT2D eigenvalue weighted by Crippen LogP contribution is 2.28. The summed E-state index contributed by atoms with van der Waals surface area (Å²) in [4.78, 5) is 12.2. The van der Waals surface area contributed by atoms with Crippen molar-refractivity contribution in [2.45, 2.75) is 32.7 Å². The van der Waals surface area contributed by atoms with Gasteiger partial charge in [0.25, 0.3) is 5.91 Å². The molecule has 0 heterocycles. The Morgan fingerprint density at radius 1 is 1.24 bits per heavy atom. The Morgan fingerprint density at radius 2 is 2.00 bits per heavy atom. The molecule has 3 N–H and O–H groups in total. The summed E-state index contributed by atoms with van der Waals surface area (Å²) in [6.07, 6.45) is 2.01. The standard InChI is InChI=1S/C17H27N3O4S/c1-5-6-9-24-14-8-7-13(10-15(14)23-4)16(21)19-20-17(25)18-12(2)11-22-3/h7-8,10,12H,5-6,9,11H2,1-4H3,(H,19,21)(H2,18,20,25)/t12-/m0/s1. The van der Waals surface area contributed by atoms with E-state index < -0.39 is 0 Å². The molecule has 1 aromatic carbocycles. The third-order valence-electron chi connectivity index (χ3n) is 3.26. The molecular weight excluding hydrogens is 342 g/mol. The summed E-state index contributed by atoms with van der Waals surface area (Å²) in [5.41, 5.74) is 5.63. The van der Waals surface area contributed by atoms with Crippen LogP contribution in [-0.4, -0.2) is 44.5 Å². The van der Waals surface area contributed by atoms with E-state index >= 15 is 0 Å². The highest BCUT2D eigenvalue weighted by atomic mass is 32.1. The predicted molar refractivity (Wildman–Crippen MR) is 101 cm³/mol. The maximum atomic E-state index is 12.2. The second-order valence-electron chi connectivity index (χ2n) is 5.48. The molecule has 1 aromatic rings. The average molecular weight is 369 g/mol. The van der Waals surface area contributed by atoms with Crippen molar-refractivity contribution < 1.29 is 19.0 Å². The first kappa shape index (κ1) is 21.0. The largest absolute Gasteiger partial charge is 0.493 e. The van der Waals surface area contributed by atoms with Crippen molar-refractivity contribution in [3.8, 4) is 11.5 Å². The lowest BCUT2D eigenvalue weighted by atomic mass is 10.2. The normalized spacial score (nSPS) is 11.4. The SMILES string of the molecule is CCCCOc1ccc(C(=O)NNC(=S)N[C@@H](C)COC)cc1OC. The fraction of sp³-hybridized carbons (Fsp3) is 0.529. The Kier molecular flexibility index (Phi) is 9.64. The van der Waals surface area contributed by atoms with Crippen LogP contribution < -0.4 is 25.6 Å². The van der Waals surface area contributed by atoms with E-state index in [0.29, 0.717) is 35.4 Å². The van der Waals surface area contributed by atoms with Gasteiger partial charge in [0.1, 0.15) is 0 Å². The van der Waals surface area contributed by atoms with Gasteiger partial charge in [-0.2, -0.15) is 0 Å². The highest BCUT2D eigenvalue weighted by Gasteiger charge is 2.12. The number of carbonyl (C=O) groups excluding carboxylic acids is 1. The summed E-state index contributed by atoms with van der Waals surface area (Å²) >= 11 is 5.10. The van der Waals surface area contributed by atoms with Crippen LogP contribution in [0.15, 0.2) is 18.2 Å². The molecular formula is C17H27N3O4S. The molecule has 0 saturated heterocycles. The number of benzene rings is 1. The lowest BCUT2D eigenvalue weighted by Crippen LogP contribution is -2.49. The van der Waals surface area contributed by atoms with Gasteiger partial charge in [0.15, 0.2) is 16.6 Å². The smallest absolute Gasteiger partial charge is 0.269 e. The third kappa shape index (κ3) is 7.57. The van der Waals surface area contributed by atoms with Crippen LogP contribution in [0.4, 0.5) is 0 Å². The fourth-order valence-electron chi connectivity index (χ4n) is 1.99. The molecule has 0 saturated carbocycles. The van der Waals surface area contributed by atoms with Gasteiger partial charge in [0, 0.05) is 18.7 Å². The molecule has 25 heavy (non-hydrogen) atoms. The van der Waals surface area contributed by atoms with Crippen molar-refractivity contribution >= 4 is 23.2 Å². The highest BCUT2D eigenvalue weighted by molar-refractivity contribution is 7.80. The first-order valence-electron chi connectivity index (χ1n) is 8.18. The van der Waals surface area contributed by atoms with Crippen LogP contribution in [0.2, 0.25) is 0 Å². The second kappa shape index (κ2) is 11.5. The summed E-state index contributed by atoms with van der Waals surface area (Å²) in [7, 11) is 3.15. The summed E-state index contributed by atoms with van der Waals surface area (Å²) in [6, 6.07) is 5.05. The van der Waals surface area contributed by atoms with E-state index in [9.17, 15) is 4.79 Å². The van der Waals surface area contributed by atoms with E-state index in [-0.39, 0.29) is 11.9 Å². The molecule has 0 spiro atoms. The Hall–Kier alpha value is -2.06. The molecule has 8 heteroatoms. The van der Waals surface area contributed by atoms with Crippen molar-refractivity contribution in [2.75, 3.05) is 27.4 Å². The minimum Gasteiger partial charge on any atom is -0.493 e. The van der Waals surface area contributed by atoms with Gasteiger partial charge in [-0.15, -0.1) is 0 Å². The lowest BCUT2D eigenvalue weighted by Gasteiger charge is -2.17. The molecule has 0 aromatic heterocycles. The van der Waals surface area contributed by atoms with Gasteiger partial charge in [-0.3, -0.25) is 15.6 Å². The number of hydrogen-bond acceptors (Lipinski definition) is 5. The molecule has 0 unspecified atom stereocenters. The van der Waals surface area contributed by atoms with Crippen molar-refractivity contribution in [3.63, 3.8) is 0 Å². The van der Waals surface area contributed by atoms with Crippen molar-refractivity contribution in [2.24, 2.45) is 0 Å². The number of hydrogen-bond donors (Lipinski definition) is 3. The minimum atomic E-state index is -0.332. The topological polar surface area (TPSA) is 80.9 Å². The monoisotopic (exact) mass is 369 g/mol. The fourth-order valence-corrected chi connectivity index (χ4v) is 2.24. The van der Waals surface area contributed by atoms with Crippen LogP contribution in [-0.2, 0) is 4.74 Å². The van der Waals surface area contributed by atoms with Crippen molar-refractivity contribution in [1.29, 1.82) is 0 Å². The van der Waals surface area contributed by atoms with Gasteiger partial charge in [-0.1, -0.05) is 13.3 Å². The summed E-state index contributed by atoms with van der Waals surface area (Å²) in [5, 5.41) is 3.29. The van der Waals surface area contributed by atoms with E-state index in [1.165, 1.54) is 7.11 Å². The van der Waals surface area contributed by atoms with Gasteiger partial charge in [-0.25, -0.2) is 0 Å². The zero-order valence-corrected chi connectivity index (χ0v) is 16.0. The summed E-state index contributed by atoms with van der Waals surface area (Å²) in [6.45, 7) is 5.13. The van der Waals surface area contributed by atoms with Gasteiger partial charge in [-0.05, 0) is 43.8 Å². The van der Waals surface area contributed by atoms with E-state index in [0.717, 1.165) is 12.8 Å². The average Bonchev–Trinajstić information content (AvgIpc) is 2.60. The Labute approximate surface area is 154 Å². The number of amides is 1. The van der Waals surface area contributed by atoms with Crippen LogP contribution in [0.1, 0.15) is 37.0 Å². The first-order valence-corrected chi connectivity index (χ1v) is 8.59. The first-order chi connectivity index (χ1) is 12.0.